The Morgan fingerprint density at radius 1 is 1.26 bits per heavy atom. The molecule has 0 radical (unpaired) electrons. The van der Waals surface area contributed by atoms with E-state index in [1.165, 1.54) is 23.5 Å². The number of hydrogen-bond acceptors (Lipinski definition) is 10. The number of nitrogens with one attached hydrogen (secondary N) is 1. The van der Waals surface area contributed by atoms with E-state index in [1.54, 1.807) is 30.2 Å². The van der Waals surface area contributed by atoms with Crippen LogP contribution >= 0.6 is 23.1 Å². The van der Waals surface area contributed by atoms with E-state index >= 15 is 0 Å². The molecule has 3 N–H and O–H groups in total. The highest BCUT2D eigenvalue weighted by molar-refractivity contribution is 8.01. The summed E-state index contributed by atoms with van der Waals surface area (Å²) in [4.78, 5) is 27.3. The first-order chi connectivity index (χ1) is 18.9. The molecule has 1 aliphatic carbocycles. The van der Waals surface area contributed by atoms with E-state index in [-0.39, 0.29) is 28.6 Å². The van der Waals surface area contributed by atoms with Crippen LogP contribution in [0.4, 0.5) is 15.2 Å². The first-order valence-electron chi connectivity index (χ1n) is 12.0. The number of carbonyl (C=O) groups is 2. The van der Waals surface area contributed by atoms with Crippen LogP contribution in [0.5, 0.6) is 5.75 Å². The van der Waals surface area contributed by atoms with Gasteiger partial charge in [0.15, 0.2) is 10.1 Å². The van der Waals surface area contributed by atoms with Crippen molar-refractivity contribution in [2.45, 2.75) is 29.5 Å². The zero-order chi connectivity index (χ0) is 27.5. The predicted molar refractivity (Wildman–Crippen MR) is 147 cm³/mol. The van der Waals surface area contributed by atoms with Gasteiger partial charge in [-0.2, -0.15) is 5.26 Å². The Balaban J connectivity index is 1.45. The number of nitriles is 1. The summed E-state index contributed by atoms with van der Waals surface area (Å²) in [6, 6.07) is 15.4. The number of benzene rings is 2. The van der Waals surface area contributed by atoms with Crippen LogP contribution in [0.2, 0.25) is 0 Å². The van der Waals surface area contributed by atoms with Gasteiger partial charge in [-0.3, -0.25) is 14.5 Å². The van der Waals surface area contributed by atoms with Crippen molar-refractivity contribution < 1.29 is 18.7 Å². The fraction of sp³-hybridized carbons (Fsp3) is 0.222. The number of ketones is 1. The van der Waals surface area contributed by atoms with Gasteiger partial charge < -0.3 is 15.8 Å². The Bertz CT molecular complexity index is 1560. The molecule has 2 aromatic carbocycles. The fourth-order valence-electron chi connectivity index (χ4n) is 4.75. The number of Topliss-reactive ketones (excluding diaryl/α,β-unsaturated/α-hetero) is 1. The normalized spacial score (nSPS) is 17.1. The maximum Gasteiger partial charge on any atom is 0.234 e. The number of para-hydroxylation sites is 2. The number of nitrogens with two attached hydrogens (primary N) is 1. The van der Waals surface area contributed by atoms with Crippen LogP contribution in [-0.4, -0.2) is 34.8 Å². The van der Waals surface area contributed by atoms with E-state index < -0.39 is 17.6 Å². The molecule has 3 aromatic rings. The summed E-state index contributed by atoms with van der Waals surface area (Å²) in [5.74, 6) is -0.909. The lowest BCUT2D eigenvalue weighted by molar-refractivity contribution is -0.116. The van der Waals surface area contributed by atoms with E-state index in [0.717, 1.165) is 11.8 Å². The number of thioether (sulfide) groups is 1. The quantitative estimate of drug-likeness (QED) is 0.392. The maximum absolute atomic E-state index is 13.8. The van der Waals surface area contributed by atoms with Crippen LogP contribution in [0.3, 0.4) is 0 Å². The smallest absolute Gasteiger partial charge is 0.234 e. The van der Waals surface area contributed by atoms with Crippen LogP contribution in [0.15, 0.2) is 75.5 Å². The van der Waals surface area contributed by atoms with Crippen molar-refractivity contribution in [2.24, 2.45) is 5.73 Å². The third-order valence-electron chi connectivity index (χ3n) is 6.42. The molecule has 1 unspecified atom stereocenters. The number of aromatic nitrogens is 2. The molecule has 1 amide bonds. The summed E-state index contributed by atoms with van der Waals surface area (Å²) in [5, 5.41) is 21.6. The van der Waals surface area contributed by atoms with Gasteiger partial charge in [-0.15, -0.1) is 10.2 Å². The summed E-state index contributed by atoms with van der Waals surface area (Å²) in [5.41, 5.74) is 8.80. The summed E-state index contributed by atoms with van der Waals surface area (Å²) in [7, 11) is 1.54. The van der Waals surface area contributed by atoms with Crippen molar-refractivity contribution in [3.05, 3.63) is 82.6 Å². The molecule has 0 spiro atoms. The number of rotatable bonds is 7. The molecule has 0 bridgehead atoms. The van der Waals surface area contributed by atoms with Crippen LogP contribution in [-0.2, 0) is 9.59 Å². The molecule has 1 aromatic heterocycles. The largest absolute Gasteiger partial charge is 0.496 e. The number of amides is 1. The number of methoxy groups -OCH3 is 1. The SMILES string of the molecule is COc1ccccc1C1C(C#N)=C(N)N(c2nnc(SCC(=O)Nc3ccccc3F)s2)C2=C1C(=O)CCC2. The van der Waals surface area contributed by atoms with Gasteiger partial charge in [-0.05, 0) is 31.0 Å². The van der Waals surface area contributed by atoms with Gasteiger partial charge in [-0.1, -0.05) is 53.4 Å². The Hall–Kier alpha value is -4.21. The molecular formula is C27H23FN6O3S2. The molecule has 9 nitrogen and oxygen atoms in total. The van der Waals surface area contributed by atoms with E-state index in [0.29, 0.717) is 51.3 Å². The van der Waals surface area contributed by atoms with Crippen molar-refractivity contribution in [1.29, 1.82) is 5.26 Å². The predicted octanol–water partition coefficient (Wildman–Crippen LogP) is 4.72. The maximum atomic E-state index is 13.8. The number of allylic oxidation sites excluding steroid dienone is 3. The average Bonchev–Trinajstić information content (AvgIpc) is 3.41. The van der Waals surface area contributed by atoms with Gasteiger partial charge in [0.05, 0.1) is 36.1 Å². The lowest BCUT2D eigenvalue weighted by Crippen LogP contribution is -2.38. The van der Waals surface area contributed by atoms with Crippen molar-refractivity contribution in [3.8, 4) is 11.8 Å². The number of ether oxygens (including phenoxy) is 1. The second-order valence-corrected chi connectivity index (χ2v) is 10.9. The molecule has 1 atom stereocenters. The highest BCUT2D eigenvalue weighted by Gasteiger charge is 2.42. The lowest BCUT2D eigenvalue weighted by atomic mass is 9.75. The van der Waals surface area contributed by atoms with Crippen molar-refractivity contribution in [2.75, 3.05) is 23.1 Å². The zero-order valence-corrected chi connectivity index (χ0v) is 22.4. The molecule has 5 rings (SSSR count). The van der Waals surface area contributed by atoms with Gasteiger partial charge in [0.2, 0.25) is 11.0 Å². The molecular weight excluding hydrogens is 539 g/mol. The molecule has 0 fully saturated rings. The fourth-order valence-corrected chi connectivity index (χ4v) is 6.43. The topological polar surface area (TPSA) is 134 Å². The summed E-state index contributed by atoms with van der Waals surface area (Å²) in [6.45, 7) is 0. The summed E-state index contributed by atoms with van der Waals surface area (Å²) < 4.78 is 19.9. The van der Waals surface area contributed by atoms with E-state index in [2.05, 4.69) is 21.6 Å². The monoisotopic (exact) mass is 562 g/mol. The minimum Gasteiger partial charge on any atom is -0.496 e. The summed E-state index contributed by atoms with van der Waals surface area (Å²) >= 11 is 2.33. The standard InChI is InChI=1S/C27H23FN6O3S2/c1-37-21-12-5-2-7-15(21)23-16(13-29)25(30)34(19-10-6-11-20(35)24(19)23)26-32-33-27(39-26)38-14-22(36)31-18-9-4-3-8-17(18)28/h2-5,7-9,12,23H,6,10-11,14,30H2,1H3,(H,31,36). The molecule has 2 aliphatic rings. The summed E-state index contributed by atoms with van der Waals surface area (Å²) in [6.07, 6.45) is 1.57. The third-order valence-corrected chi connectivity index (χ3v) is 8.47. The number of carbonyl (C=O) groups excluding carboxylic acids is 2. The Morgan fingerprint density at radius 2 is 2.03 bits per heavy atom. The molecule has 1 aliphatic heterocycles. The van der Waals surface area contributed by atoms with Gasteiger partial charge in [0, 0.05) is 23.3 Å². The average molecular weight is 563 g/mol. The highest BCUT2D eigenvalue weighted by Crippen LogP contribution is 2.48. The molecule has 0 saturated heterocycles. The second-order valence-electron chi connectivity index (χ2n) is 8.73. The molecule has 198 valence electrons. The van der Waals surface area contributed by atoms with Gasteiger partial charge in [-0.25, -0.2) is 4.39 Å². The second kappa shape index (κ2) is 11.3. The van der Waals surface area contributed by atoms with Gasteiger partial charge >= 0.3 is 0 Å². The van der Waals surface area contributed by atoms with Crippen LogP contribution in [0.1, 0.15) is 30.7 Å². The highest BCUT2D eigenvalue weighted by atomic mass is 32.2. The number of halogens is 1. The van der Waals surface area contributed by atoms with Crippen molar-refractivity contribution >= 4 is 45.6 Å². The van der Waals surface area contributed by atoms with Gasteiger partial charge in [0.25, 0.3) is 0 Å². The molecule has 12 heteroatoms. The Kier molecular flexibility index (Phi) is 7.63. The van der Waals surface area contributed by atoms with Crippen molar-refractivity contribution in [3.63, 3.8) is 0 Å². The van der Waals surface area contributed by atoms with Crippen LogP contribution < -0.4 is 20.7 Å². The Labute approximate surface area is 232 Å². The Morgan fingerprint density at radius 3 is 2.79 bits per heavy atom. The van der Waals surface area contributed by atoms with Crippen LogP contribution in [0, 0.1) is 17.1 Å². The van der Waals surface area contributed by atoms with Crippen molar-refractivity contribution in [1.82, 2.24) is 10.2 Å². The van der Waals surface area contributed by atoms with E-state index in [4.69, 9.17) is 10.5 Å². The van der Waals surface area contributed by atoms with E-state index in [9.17, 15) is 19.2 Å². The minimum absolute atomic E-state index is 0.0138. The first-order valence-corrected chi connectivity index (χ1v) is 13.8. The number of anilines is 2. The first kappa shape index (κ1) is 26.4. The number of hydrogen-bond donors (Lipinski definition) is 2. The minimum atomic E-state index is -0.658. The van der Waals surface area contributed by atoms with E-state index in [1.807, 2.05) is 18.2 Å². The molecule has 2 heterocycles. The number of nitrogens with zero attached hydrogens (tertiary/aromatic N) is 4. The zero-order valence-electron chi connectivity index (χ0n) is 20.8. The van der Waals surface area contributed by atoms with Gasteiger partial charge in [0.1, 0.15) is 17.4 Å². The third kappa shape index (κ3) is 5.10. The molecule has 0 saturated carbocycles. The van der Waals surface area contributed by atoms with Crippen LogP contribution in [0.25, 0.3) is 0 Å². The lowest BCUT2D eigenvalue weighted by Gasteiger charge is -2.38. The molecule has 39 heavy (non-hydrogen) atoms.